The third-order valence-electron chi connectivity index (χ3n) is 4.37. The third-order valence-corrected chi connectivity index (χ3v) is 4.37. The second-order valence-electron chi connectivity index (χ2n) is 6.91. The predicted octanol–water partition coefficient (Wildman–Crippen LogP) is 3.91. The van der Waals surface area contributed by atoms with E-state index in [-0.39, 0.29) is 18.3 Å². The van der Waals surface area contributed by atoms with E-state index >= 15 is 0 Å². The number of aromatic nitrogens is 1. The number of hydrogen-bond acceptors (Lipinski definition) is 4. The van der Waals surface area contributed by atoms with Gasteiger partial charge in [0.2, 0.25) is 0 Å². The number of fused-ring (bicyclic) bond motifs is 1. The van der Waals surface area contributed by atoms with E-state index in [4.69, 9.17) is 4.74 Å². The van der Waals surface area contributed by atoms with Gasteiger partial charge in [-0.25, -0.2) is 4.79 Å². The topological polar surface area (TPSA) is 65.6 Å². The fourth-order valence-electron chi connectivity index (χ4n) is 3.23. The molecule has 0 aliphatic heterocycles. The van der Waals surface area contributed by atoms with E-state index in [0.29, 0.717) is 12.1 Å². The zero-order valence-corrected chi connectivity index (χ0v) is 15.6. The fourth-order valence-corrected chi connectivity index (χ4v) is 3.23. The van der Waals surface area contributed by atoms with Crippen LogP contribution in [-0.4, -0.2) is 35.1 Å². The monoisotopic (exact) mass is 352 g/mol. The first-order chi connectivity index (χ1) is 12.4. The Balaban J connectivity index is 1.96. The molecule has 0 fully saturated rings. The van der Waals surface area contributed by atoms with Crippen LogP contribution in [0.5, 0.6) is 5.75 Å². The van der Waals surface area contributed by atoms with Crippen LogP contribution in [0.2, 0.25) is 0 Å². The molecule has 1 heterocycles. The number of aryl methyl sites for hydroxylation is 2. The number of benzene rings is 2. The summed E-state index contributed by atoms with van der Waals surface area (Å²) in [5, 5.41) is 11.0. The van der Waals surface area contributed by atoms with Gasteiger partial charge in [0.15, 0.2) is 0 Å². The molecular weight excluding hydrogens is 328 g/mol. The van der Waals surface area contributed by atoms with Gasteiger partial charge in [-0.2, -0.15) is 0 Å². The Morgan fingerprint density at radius 2 is 1.96 bits per heavy atom. The molecule has 0 aliphatic carbocycles. The van der Waals surface area contributed by atoms with Crippen LogP contribution < -0.4 is 0 Å². The largest absolute Gasteiger partial charge is 0.508 e. The van der Waals surface area contributed by atoms with E-state index in [1.165, 1.54) is 0 Å². The van der Waals surface area contributed by atoms with E-state index in [1.54, 1.807) is 12.1 Å². The van der Waals surface area contributed by atoms with Gasteiger partial charge >= 0.3 is 5.97 Å². The maximum Gasteiger partial charge on any atom is 0.340 e. The standard InChI is InChI=1S/C21H24N2O3/c1-13-6-5-7-15(10-13)12-26-21(25)19-14(2)22-17-8-9-18(24)16(20(17)19)11-23(3)4/h5-10,22,24H,11-12H2,1-4H3. The van der Waals surface area contributed by atoms with Crippen molar-refractivity contribution in [1.29, 1.82) is 0 Å². The van der Waals surface area contributed by atoms with E-state index < -0.39 is 0 Å². The summed E-state index contributed by atoms with van der Waals surface area (Å²) in [5.41, 5.74) is 4.84. The number of carbonyl (C=O) groups excluding carboxylic acids is 1. The second-order valence-corrected chi connectivity index (χ2v) is 6.91. The highest BCUT2D eigenvalue weighted by Gasteiger charge is 2.22. The molecule has 26 heavy (non-hydrogen) atoms. The minimum absolute atomic E-state index is 0.179. The molecule has 5 heteroatoms. The Labute approximate surface area is 153 Å². The normalized spacial score (nSPS) is 11.3. The molecule has 2 N–H and O–H groups in total. The molecule has 2 aromatic carbocycles. The molecule has 0 bridgehead atoms. The number of phenols is 1. The van der Waals surface area contributed by atoms with Crippen molar-refractivity contribution in [3.05, 3.63) is 64.3 Å². The number of esters is 1. The first-order valence-corrected chi connectivity index (χ1v) is 8.57. The lowest BCUT2D eigenvalue weighted by Gasteiger charge is -2.14. The van der Waals surface area contributed by atoms with Crippen LogP contribution in [0.3, 0.4) is 0 Å². The Kier molecular flexibility index (Phi) is 5.00. The lowest BCUT2D eigenvalue weighted by molar-refractivity contribution is 0.0474. The Bertz CT molecular complexity index is 957. The van der Waals surface area contributed by atoms with Crippen molar-refractivity contribution in [2.75, 3.05) is 14.1 Å². The van der Waals surface area contributed by atoms with Crippen LogP contribution in [0.15, 0.2) is 36.4 Å². The number of rotatable bonds is 5. The Morgan fingerprint density at radius 3 is 2.65 bits per heavy atom. The molecule has 0 amide bonds. The van der Waals surface area contributed by atoms with Crippen molar-refractivity contribution < 1.29 is 14.6 Å². The minimum Gasteiger partial charge on any atom is -0.508 e. The molecule has 0 aliphatic rings. The SMILES string of the molecule is Cc1cccc(COC(=O)c2c(C)[nH]c3ccc(O)c(CN(C)C)c23)c1. The molecule has 3 rings (SSSR count). The molecular formula is C21H24N2O3. The highest BCUT2D eigenvalue weighted by Crippen LogP contribution is 2.33. The first kappa shape index (κ1) is 18.0. The van der Waals surface area contributed by atoms with Crippen molar-refractivity contribution in [1.82, 2.24) is 9.88 Å². The zero-order chi connectivity index (χ0) is 18.8. The molecule has 0 saturated carbocycles. The van der Waals surface area contributed by atoms with Gasteiger partial charge in [-0.3, -0.25) is 0 Å². The molecule has 136 valence electrons. The maximum absolute atomic E-state index is 12.8. The number of H-pyrrole nitrogens is 1. The number of phenolic OH excluding ortho intramolecular Hbond substituents is 1. The Hall–Kier alpha value is -2.79. The van der Waals surface area contributed by atoms with Crippen LogP contribution in [0, 0.1) is 13.8 Å². The number of hydrogen-bond donors (Lipinski definition) is 2. The summed E-state index contributed by atoms with van der Waals surface area (Å²) in [4.78, 5) is 18.0. The molecule has 5 nitrogen and oxygen atoms in total. The molecule has 0 spiro atoms. The molecule has 0 unspecified atom stereocenters. The summed E-state index contributed by atoms with van der Waals surface area (Å²) < 4.78 is 5.56. The van der Waals surface area contributed by atoms with Gasteiger partial charge in [0.25, 0.3) is 0 Å². The highest BCUT2D eigenvalue weighted by atomic mass is 16.5. The molecule has 0 radical (unpaired) electrons. The van der Waals surface area contributed by atoms with Crippen LogP contribution in [0.4, 0.5) is 0 Å². The molecule has 1 aromatic heterocycles. The van der Waals surface area contributed by atoms with Crippen molar-refractivity contribution in [3.63, 3.8) is 0 Å². The number of aromatic amines is 1. The average molecular weight is 352 g/mol. The van der Waals surface area contributed by atoms with Crippen molar-refractivity contribution in [3.8, 4) is 5.75 Å². The van der Waals surface area contributed by atoms with E-state index in [2.05, 4.69) is 4.98 Å². The van der Waals surface area contributed by atoms with Gasteiger partial charge in [-0.15, -0.1) is 0 Å². The lowest BCUT2D eigenvalue weighted by Crippen LogP contribution is -2.12. The Morgan fingerprint density at radius 1 is 1.19 bits per heavy atom. The smallest absolute Gasteiger partial charge is 0.340 e. The van der Waals surface area contributed by atoms with Crippen LogP contribution in [0.25, 0.3) is 10.9 Å². The molecule has 0 saturated heterocycles. The van der Waals surface area contributed by atoms with Gasteiger partial charge in [-0.1, -0.05) is 29.8 Å². The summed E-state index contributed by atoms with van der Waals surface area (Å²) >= 11 is 0. The summed E-state index contributed by atoms with van der Waals surface area (Å²) in [7, 11) is 3.85. The van der Waals surface area contributed by atoms with Crippen LogP contribution in [-0.2, 0) is 17.9 Å². The van der Waals surface area contributed by atoms with Gasteiger partial charge in [-0.05, 0) is 45.6 Å². The van der Waals surface area contributed by atoms with Gasteiger partial charge < -0.3 is 19.7 Å². The second kappa shape index (κ2) is 7.22. The van der Waals surface area contributed by atoms with E-state index in [9.17, 15) is 9.90 Å². The number of nitrogens with zero attached hydrogens (tertiary/aromatic N) is 1. The van der Waals surface area contributed by atoms with Crippen molar-refractivity contribution in [2.24, 2.45) is 0 Å². The molecule has 0 atom stereocenters. The summed E-state index contributed by atoms with van der Waals surface area (Å²) in [6, 6.07) is 11.3. The minimum atomic E-state index is -0.388. The number of ether oxygens (including phenoxy) is 1. The number of nitrogens with one attached hydrogen (secondary N) is 1. The van der Waals surface area contributed by atoms with Crippen LogP contribution in [0.1, 0.15) is 32.7 Å². The quantitative estimate of drug-likeness (QED) is 0.683. The lowest BCUT2D eigenvalue weighted by atomic mass is 10.0. The molecule has 3 aromatic rings. The van der Waals surface area contributed by atoms with Crippen LogP contribution >= 0.6 is 0 Å². The summed E-state index contributed by atoms with van der Waals surface area (Å²) in [6.07, 6.45) is 0. The number of aromatic hydroxyl groups is 1. The highest BCUT2D eigenvalue weighted by molar-refractivity contribution is 6.07. The van der Waals surface area contributed by atoms with Crippen molar-refractivity contribution in [2.45, 2.75) is 27.0 Å². The summed E-state index contributed by atoms with van der Waals surface area (Å²) in [5.74, 6) is -0.209. The number of carbonyl (C=O) groups is 1. The maximum atomic E-state index is 12.8. The predicted molar refractivity (Wildman–Crippen MR) is 102 cm³/mol. The van der Waals surface area contributed by atoms with Gasteiger partial charge in [0.05, 0.1) is 5.56 Å². The fraction of sp³-hybridized carbons (Fsp3) is 0.286. The van der Waals surface area contributed by atoms with E-state index in [0.717, 1.165) is 33.3 Å². The van der Waals surface area contributed by atoms with Gasteiger partial charge in [0, 0.05) is 28.7 Å². The first-order valence-electron chi connectivity index (χ1n) is 8.57. The summed E-state index contributed by atoms with van der Waals surface area (Å²) in [6.45, 7) is 4.60. The average Bonchev–Trinajstić information content (AvgIpc) is 2.91. The van der Waals surface area contributed by atoms with Gasteiger partial charge in [0.1, 0.15) is 12.4 Å². The zero-order valence-electron chi connectivity index (χ0n) is 15.6. The van der Waals surface area contributed by atoms with E-state index in [1.807, 2.05) is 57.1 Å². The van der Waals surface area contributed by atoms with Crippen molar-refractivity contribution >= 4 is 16.9 Å². The third kappa shape index (κ3) is 3.58.